The van der Waals surface area contributed by atoms with E-state index in [2.05, 4.69) is 21.2 Å². The summed E-state index contributed by atoms with van der Waals surface area (Å²) < 4.78 is 13.7. The molecule has 1 saturated carbocycles. The summed E-state index contributed by atoms with van der Waals surface area (Å²) >= 11 is 3.11. The highest BCUT2D eigenvalue weighted by molar-refractivity contribution is 9.10. The van der Waals surface area contributed by atoms with E-state index < -0.39 is 0 Å². The van der Waals surface area contributed by atoms with Crippen molar-refractivity contribution in [2.24, 2.45) is 0 Å². The van der Waals surface area contributed by atoms with E-state index in [0.717, 1.165) is 18.4 Å². The Kier molecular flexibility index (Phi) is 3.38. The topological polar surface area (TPSA) is 32.3 Å². The van der Waals surface area contributed by atoms with Gasteiger partial charge in [-0.15, -0.1) is 0 Å². The first-order valence-corrected chi connectivity index (χ1v) is 5.82. The molecule has 1 aromatic carbocycles. The van der Waals surface area contributed by atoms with Crippen LogP contribution in [0.4, 0.5) is 4.39 Å². The van der Waals surface area contributed by atoms with Gasteiger partial charge in [0.05, 0.1) is 17.1 Å². The molecule has 0 spiro atoms. The van der Waals surface area contributed by atoms with Crippen molar-refractivity contribution in [2.45, 2.75) is 24.9 Å². The smallest absolute Gasteiger partial charge is 0.137 e. The Morgan fingerprint density at radius 3 is 2.80 bits per heavy atom. The molecule has 1 atom stereocenters. The van der Waals surface area contributed by atoms with E-state index in [1.807, 2.05) is 6.07 Å². The lowest BCUT2D eigenvalue weighted by Gasteiger charge is -2.16. The van der Waals surface area contributed by atoms with Crippen LogP contribution in [0.25, 0.3) is 0 Å². The first-order valence-electron chi connectivity index (χ1n) is 5.02. The van der Waals surface area contributed by atoms with Crippen molar-refractivity contribution >= 4 is 15.9 Å². The van der Waals surface area contributed by atoms with Gasteiger partial charge in [-0.2, -0.15) is 0 Å². The molecule has 1 aliphatic rings. The van der Waals surface area contributed by atoms with E-state index in [1.165, 1.54) is 6.07 Å². The Bertz CT molecular complexity index is 354. The van der Waals surface area contributed by atoms with Crippen molar-refractivity contribution in [2.75, 3.05) is 6.61 Å². The predicted octanol–water partition coefficient (Wildman–Crippen LogP) is 2.37. The minimum absolute atomic E-state index is 0.00241. The summed E-state index contributed by atoms with van der Waals surface area (Å²) in [7, 11) is 0. The van der Waals surface area contributed by atoms with Gasteiger partial charge >= 0.3 is 0 Å². The average molecular weight is 274 g/mol. The van der Waals surface area contributed by atoms with Gasteiger partial charge in [0.25, 0.3) is 0 Å². The molecule has 0 amide bonds. The molecular weight excluding hydrogens is 261 g/mol. The van der Waals surface area contributed by atoms with Gasteiger partial charge in [-0.1, -0.05) is 6.07 Å². The maximum Gasteiger partial charge on any atom is 0.137 e. The maximum atomic E-state index is 13.3. The lowest BCUT2D eigenvalue weighted by molar-refractivity contribution is 0.243. The zero-order chi connectivity index (χ0) is 10.8. The monoisotopic (exact) mass is 273 g/mol. The van der Waals surface area contributed by atoms with Crippen molar-refractivity contribution in [3.63, 3.8) is 0 Å². The molecule has 2 N–H and O–H groups in total. The van der Waals surface area contributed by atoms with E-state index in [-0.39, 0.29) is 18.5 Å². The van der Waals surface area contributed by atoms with Crippen LogP contribution in [-0.4, -0.2) is 17.8 Å². The van der Waals surface area contributed by atoms with Crippen molar-refractivity contribution in [3.8, 4) is 0 Å². The quantitative estimate of drug-likeness (QED) is 0.883. The van der Waals surface area contributed by atoms with Crippen LogP contribution in [0.2, 0.25) is 0 Å². The summed E-state index contributed by atoms with van der Waals surface area (Å²) in [4.78, 5) is 0. The van der Waals surface area contributed by atoms with Crippen LogP contribution in [0.15, 0.2) is 22.7 Å². The first kappa shape index (κ1) is 11.0. The van der Waals surface area contributed by atoms with E-state index in [1.54, 1.807) is 6.07 Å². The number of hydrogen-bond donors (Lipinski definition) is 2. The zero-order valence-corrected chi connectivity index (χ0v) is 9.80. The Balaban J connectivity index is 2.13. The first-order chi connectivity index (χ1) is 7.20. The number of benzene rings is 1. The average Bonchev–Trinajstić information content (AvgIpc) is 3.02. The van der Waals surface area contributed by atoms with Gasteiger partial charge in [0.15, 0.2) is 0 Å². The summed E-state index contributed by atoms with van der Waals surface area (Å²) in [6.07, 6.45) is 2.30. The highest BCUT2D eigenvalue weighted by Gasteiger charge is 2.25. The highest BCUT2D eigenvalue weighted by Crippen LogP contribution is 2.25. The van der Waals surface area contributed by atoms with Crippen LogP contribution in [0.5, 0.6) is 0 Å². The SMILES string of the molecule is OCC(NC1CC1)c1ccc(Br)c(F)c1. The normalized spacial score (nSPS) is 17.8. The molecule has 1 unspecified atom stereocenters. The molecule has 0 bridgehead atoms. The summed E-state index contributed by atoms with van der Waals surface area (Å²) in [5, 5.41) is 12.5. The fourth-order valence-electron chi connectivity index (χ4n) is 1.52. The number of nitrogens with one attached hydrogen (secondary N) is 1. The molecule has 0 aromatic heterocycles. The predicted molar refractivity (Wildman–Crippen MR) is 60.1 cm³/mol. The van der Waals surface area contributed by atoms with Crippen LogP contribution in [-0.2, 0) is 0 Å². The molecule has 2 nitrogen and oxygen atoms in total. The number of halogens is 2. The molecular formula is C11H13BrFNO. The molecule has 0 saturated heterocycles. The van der Waals surface area contributed by atoms with E-state index >= 15 is 0 Å². The van der Waals surface area contributed by atoms with E-state index in [0.29, 0.717) is 10.5 Å². The minimum Gasteiger partial charge on any atom is -0.394 e. The van der Waals surface area contributed by atoms with Crippen LogP contribution in [0, 0.1) is 5.82 Å². The third-order valence-corrected chi connectivity index (χ3v) is 3.19. The molecule has 15 heavy (non-hydrogen) atoms. The Morgan fingerprint density at radius 2 is 2.27 bits per heavy atom. The molecule has 1 fully saturated rings. The van der Waals surface area contributed by atoms with Crippen molar-refractivity contribution in [3.05, 3.63) is 34.1 Å². The summed E-state index contributed by atoms with van der Waals surface area (Å²) in [5.41, 5.74) is 0.796. The van der Waals surface area contributed by atoms with Gasteiger partial charge in [0.1, 0.15) is 5.82 Å². The maximum absolute atomic E-state index is 13.3. The van der Waals surface area contributed by atoms with Crippen LogP contribution in [0.3, 0.4) is 0 Å². The Morgan fingerprint density at radius 1 is 1.53 bits per heavy atom. The second-order valence-corrected chi connectivity index (χ2v) is 4.70. The van der Waals surface area contributed by atoms with E-state index in [4.69, 9.17) is 0 Å². The number of aliphatic hydroxyl groups excluding tert-OH is 1. The molecule has 0 aliphatic heterocycles. The number of hydrogen-bond acceptors (Lipinski definition) is 2. The molecule has 0 radical (unpaired) electrons. The summed E-state index contributed by atoms with van der Waals surface area (Å²) in [6.45, 7) is -0.00241. The van der Waals surface area contributed by atoms with Gasteiger partial charge in [-0.05, 0) is 46.5 Å². The van der Waals surface area contributed by atoms with Gasteiger partial charge < -0.3 is 10.4 Å². The lowest BCUT2D eigenvalue weighted by Crippen LogP contribution is -2.26. The van der Waals surface area contributed by atoms with Crippen LogP contribution < -0.4 is 5.32 Å². The van der Waals surface area contributed by atoms with Crippen LogP contribution in [0.1, 0.15) is 24.4 Å². The van der Waals surface area contributed by atoms with Gasteiger partial charge in [-0.25, -0.2) is 4.39 Å². The van der Waals surface area contributed by atoms with Crippen LogP contribution >= 0.6 is 15.9 Å². The fraction of sp³-hybridized carbons (Fsp3) is 0.455. The highest BCUT2D eigenvalue weighted by atomic mass is 79.9. The Labute approximate surface area is 96.6 Å². The molecule has 0 heterocycles. The van der Waals surface area contributed by atoms with Gasteiger partial charge in [-0.3, -0.25) is 0 Å². The lowest BCUT2D eigenvalue weighted by atomic mass is 10.1. The Hall–Kier alpha value is -0.450. The second kappa shape index (κ2) is 4.60. The van der Waals surface area contributed by atoms with Crippen molar-refractivity contribution in [1.29, 1.82) is 0 Å². The fourth-order valence-corrected chi connectivity index (χ4v) is 1.76. The van der Waals surface area contributed by atoms with Crippen molar-refractivity contribution in [1.82, 2.24) is 5.32 Å². The van der Waals surface area contributed by atoms with E-state index in [9.17, 15) is 9.50 Å². The van der Waals surface area contributed by atoms with Crippen molar-refractivity contribution < 1.29 is 9.50 Å². The van der Waals surface area contributed by atoms with Gasteiger partial charge in [0.2, 0.25) is 0 Å². The second-order valence-electron chi connectivity index (χ2n) is 3.85. The molecule has 1 aliphatic carbocycles. The standard InChI is InChI=1S/C11H13BrFNO/c12-9-4-1-7(5-10(9)13)11(6-15)14-8-2-3-8/h1,4-5,8,11,14-15H,2-3,6H2. The third-order valence-electron chi connectivity index (χ3n) is 2.54. The molecule has 2 rings (SSSR count). The summed E-state index contributed by atoms with van der Waals surface area (Å²) in [6, 6.07) is 5.29. The number of aliphatic hydroxyl groups is 1. The molecule has 4 heteroatoms. The third kappa shape index (κ3) is 2.77. The molecule has 1 aromatic rings. The zero-order valence-electron chi connectivity index (χ0n) is 8.21. The largest absolute Gasteiger partial charge is 0.394 e. The molecule has 82 valence electrons. The van der Waals surface area contributed by atoms with Gasteiger partial charge in [0, 0.05) is 6.04 Å². The minimum atomic E-state index is -0.288. The summed E-state index contributed by atoms with van der Waals surface area (Å²) in [5.74, 6) is -0.288. The number of rotatable bonds is 4.